The van der Waals surface area contributed by atoms with Crippen LogP contribution >= 0.6 is 0 Å². The van der Waals surface area contributed by atoms with Gasteiger partial charge in [0.15, 0.2) is 18.4 Å². The standard InChI is InChI=1S/C10H15F3O5/c1-9(2)17-5-6(18-9)8(16-7(5)14-3)15-4-10(11,12)13/h5-8H,4H2,1-3H3/t5?,6?,7-,8+/m1/s1. The number of halogens is 3. The van der Waals surface area contributed by atoms with Gasteiger partial charge in [-0.15, -0.1) is 0 Å². The van der Waals surface area contributed by atoms with Gasteiger partial charge in [0.25, 0.3) is 0 Å². The second-order valence-corrected chi connectivity index (χ2v) is 4.60. The van der Waals surface area contributed by atoms with Crippen molar-refractivity contribution in [1.29, 1.82) is 0 Å². The molecular weight excluding hydrogens is 257 g/mol. The van der Waals surface area contributed by atoms with E-state index in [0.717, 1.165) is 0 Å². The Morgan fingerprint density at radius 2 is 1.67 bits per heavy atom. The van der Waals surface area contributed by atoms with Crippen LogP contribution in [0.3, 0.4) is 0 Å². The molecule has 0 spiro atoms. The van der Waals surface area contributed by atoms with Gasteiger partial charge in [0.2, 0.25) is 0 Å². The van der Waals surface area contributed by atoms with Crippen LogP contribution in [0.5, 0.6) is 0 Å². The van der Waals surface area contributed by atoms with Gasteiger partial charge >= 0.3 is 6.18 Å². The summed E-state index contributed by atoms with van der Waals surface area (Å²) in [5, 5.41) is 0. The minimum atomic E-state index is -4.42. The summed E-state index contributed by atoms with van der Waals surface area (Å²) >= 11 is 0. The first kappa shape index (κ1) is 14.0. The van der Waals surface area contributed by atoms with Crippen molar-refractivity contribution in [2.45, 2.75) is 50.6 Å². The number of fused-ring (bicyclic) bond motifs is 1. The molecule has 2 aliphatic heterocycles. The Morgan fingerprint density at radius 1 is 1.11 bits per heavy atom. The van der Waals surface area contributed by atoms with Crippen LogP contribution in [0.25, 0.3) is 0 Å². The fraction of sp³-hybridized carbons (Fsp3) is 1.00. The Labute approximate surface area is 102 Å². The molecule has 0 N–H and O–H groups in total. The van der Waals surface area contributed by atoms with Gasteiger partial charge in [-0.05, 0) is 13.8 Å². The van der Waals surface area contributed by atoms with Crippen molar-refractivity contribution < 1.29 is 36.9 Å². The number of hydrogen-bond acceptors (Lipinski definition) is 5. The van der Waals surface area contributed by atoms with Crippen LogP contribution in [0.15, 0.2) is 0 Å². The van der Waals surface area contributed by atoms with Crippen molar-refractivity contribution in [1.82, 2.24) is 0 Å². The predicted octanol–water partition coefficient (Wildman–Crippen LogP) is 1.41. The topological polar surface area (TPSA) is 46.2 Å². The molecule has 2 aliphatic rings. The lowest BCUT2D eigenvalue weighted by molar-refractivity contribution is -0.289. The molecule has 2 heterocycles. The van der Waals surface area contributed by atoms with Crippen molar-refractivity contribution in [2.75, 3.05) is 13.7 Å². The van der Waals surface area contributed by atoms with Gasteiger partial charge in [0.05, 0.1) is 0 Å². The molecule has 0 radical (unpaired) electrons. The minimum Gasteiger partial charge on any atom is -0.353 e. The van der Waals surface area contributed by atoms with E-state index in [-0.39, 0.29) is 0 Å². The van der Waals surface area contributed by atoms with E-state index in [9.17, 15) is 13.2 Å². The molecule has 18 heavy (non-hydrogen) atoms. The minimum absolute atomic E-state index is 0.594. The zero-order chi connectivity index (χ0) is 13.6. The summed E-state index contributed by atoms with van der Waals surface area (Å²) in [4.78, 5) is 0. The van der Waals surface area contributed by atoms with Gasteiger partial charge in [0, 0.05) is 7.11 Å². The zero-order valence-electron chi connectivity index (χ0n) is 10.2. The fourth-order valence-electron chi connectivity index (χ4n) is 2.03. The Morgan fingerprint density at radius 3 is 2.17 bits per heavy atom. The molecule has 2 saturated heterocycles. The van der Waals surface area contributed by atoms with E-state index in [2.05, 4.69) is 4.74 Å². The lowest BCUT2D eigenvalue weighted by Crippen LogP contribution is -2.34. The van der Waals surface area contributed by atoms with E-state index >= 15 is 0 Å². The van der Waals surface area contributed by atoms with Gasteiger partial charge in [0.1, 0.15) is 18.8 Å². The van der Waals surface area contributed by atoms with Crippen LogP contribution in [0.2, 0.25) is 0 Å². The van der Waals surface area contributed by atoms with Crippen LogP contribution in [0, 0.1) is 0 Å². The third kappa shape index (κ3) is 2.94. The van der Waals surface area contributed by atoms with Gasteiger partial charge in [-0.2, -0.15) is 13.2 Å². The average molecular weight is 272 g/mol. The Kier molecular flexibility index (Phi) is 3.58. The van der Waals surface area contributed by atoms with Crippen molar-refractivity contribution in [3.8, 4) is 0 Å². The van der Waals surface area contributed by atoms with E-state index in [1.807, 2.05) is 0 Å². The molecule has 0 aromatic heterocycles. The lowest BCUT2D eigenvalue weighted by atomic mass is 10.2. The van der Waals surface area contributed by atoms with Crippen molar-refractivity contribution >= 4 is 0 Å². The summed E-state index contributed by atoms with van der Waals surface area (Å²) in [5.74, 6) is -0.893. The van der Waals surface area contributed by atoms with Crippen molar-refractivity contribution in [3.63, 3.8) is 0 Å². The number of hydrogen-bond donors (Lipinski definition) is 0. The molecular formula is C10H15F3O5. The van der Waals surface area contributed by atoms with E-state index in [1.54, 1.807) is 13.8 Å². The van der Waals surface area contributed by atoms with Crippen LogP contribution in [-0.4, -0.2) is 50.5 Å². The summed E-state index contributed by atoms with van der Waals surface area (Å²) in [6, 6.07) is 0. The Bertz CT molecular complexity index is 306. The maximum atomic E-state index is 12.1. The van der Waals surface area contributed by atoms with E-state index in [1.165, 1.54) is 7.11 Å². The molecule has 106 valence electrons. The molecule has 8 heteroatoms. The van der Waals surface area contributed by atoms with Gasteiger partial charge < -0.3 is 23.7 Å². The first-order valence-corrected chi connectivity index (χ1v) is 5.44. The van der Waals surface area contributed by atoms with Crippen molar-refractivity contribution in [3.05, 3.63) is 0 Å². The first-order chi connectivity index (χ1) is 8.22. The highest BCUT2D eigenvalue weighted by Gasteiger charge is 2.56. The Balaban J connectivity index is 2.00. The summed E-state index contributed by atoms with van der Waals surface area (Å²) in [5.41, 5.74) is 0. The van der Waals surface area contributed by atoms with Crippen molar-refractivity contribution in [2.24, 2.45) is 0 Å². The second-order valence-electron chi connectivity index (χ2n) is 4.60. The molecule has 0 aromatic carbocycles. The second kappa shape index (κ2) is 4.61. The smallest absolute Gasteiger partial charge is 0.353 e. The Hall–Kier alpha value is -0.410. The average Bonchev–Trinajstić information content (AvgIpc) is 2.67. The number of alkyl halides is 3. The fourth-order valence-corrected chi connectivity index (χ4v) is 2.03. The number of methoxy groups -OCH3 is 1. The van der Waals surface area contributed by atoms with Crippen LogP contribution in [0.4, 0.5) is 13.2 Å². The first-order valence-electron chi connectivity index (χ1n) is 5.44. The third-order valence-corrected chi connectivity index (χ3v) is 2.61. The molecule has 0 bridgehead atoms. The lowest BCUT2D eigenvalue weighted by Gasteiger charge is -2.23. The third-order valence-electron chi connectivity index (χ3n) is 2.61. The molecule has 0 aromatic rings. The van der Waals surface area contributed by atoms with Gasteiger partial charge in [-0.25, -0.2) is 0 Å². The van der Waals surface area contributed by atoms with E-state index < -0.39 is 43.4 Å². The number of ether oxygens (including phenoxy) is 5. The normalized spacial score (nSPS) is 39.0. The maximum Gasteiger partial charge on any atom is 0.411 e. The van der Waals surface area contributed by atoms with E-state index in [0.29, 0.717) is 0 Å². The summed E-state index contributed by atoms with van der Waals surface area (Å²) in [6.45, 7) is 1.93. The largest absolute Gasteiger partial charge is 0.411 e. The monoisotopic (exact) mass is 272 g/mol. The maximum absolute atomic E-state index is 12.1. The highest BCUT2D eigenvalue weighted by Crippen LogP contribution is 2.39. The highest BCUT2D eigenvalue weighted by atomic mass is 19.4. The quantitative estimate of drug-likeness (QED) is 0.777. The summed E-state index contributed by atoms with van der Waals surface area (Å²) in [7, 11) is 1.38. The summed E-state index contributed by atoms with van der Waals surface area (Å²) < 4.78 is 62.1. The molecule has 5 nitrogen and oxygen atoms in total. The van der Waals surface area contributed by atoms with Crippen LogP contribution in [-0.2, 0) is 23.7 Å². The highest BCUT2D eigenvalue weighted by molar-refractivity contribution is 4.91. The van der Waals surface area contributed by atoms with Gasteiger partial charge in [-0.1, -0.05) is 0 Å². The van der Waals surface area contributed by atoms with Crippen LogP contribution in [0.1, 0.15) is 13.8 Å². The number of rotatable bonds is 3. The molecule has 2 rings (SSSR count). The molecule has 0 saturated carbocycles. The zero-order valence-corrected chi connectivity index (χ0v) is 10.2. The van der Waals surface area contributed by atoms with E-state index in [4.69, 9.17) is 18.9 Å². The SMILES string of the molecule is CO[C@@H]1O[C@H](OCC(F)(F)F)C2OC(C)(C)OC21. The predicted molar refractivity (Wildman–Crippen MR) is 51.5 cm³/mol. The van der Waals surface area contributed by atoms with Gasteiger partial charge in [-0.3, -0.25) is 0 Å². The molecule has 0 amide bonds. The summed E-state index contributed by atoms with van der Waals surface area (Å²) in [6.07, 6.45) is -7.69. The molecule has 4 atom stereocenters. The molecule has 0 aliphatic carbocycles. The molecule has 2 fully saturated rings. The van der Waals surface area contributed by atoms with Crippen LogP contribution < -0.4 is 0 Å². The molecule has 2 unspecified atom stereocenters.